The lowest BCUT2D eigenvalue weighted by atomic mass is 10.1. The summed E-state index contributed by atoms with van der Waals surface area (Å²) < 4.78 is 0. The third-order valence-electron chi connectivity index (χ3n) is 2.05. The molecule has 0 spiro atoms. The second kappa shape index (κ2) is 6.00. The largest absolute Gasteiger partial charge is 0.481 e. The van der Waals surface area contributed by atoms with Gasteiger partial charge in [-0.2, -0.15) is 0 Å². The highest BCUT2D eigenvalue weighted by molar-refractivity contribution is 5.87. The van der Waals surface area contributed by atoms with Crippen molar-refractivity contribution in [3.05, 3.63) is 0 Å². The monoisotopic (exact) mass is 217 g/mol. The highest BCUT2D eigenvalue weighted by Gasteiger charge is 2.24. The number of aliphatic carboxylic acids is 2. The lowest BCUT2D eigenvalue weighted by Crippen LogP contribution is -2.44. The van der Waals surface area contributed by atoms with Crippen molar-refractivity contribution in [3.63, 3.8) is 0 Å². The number of carbonyl (C=O) groups is 3. The second-order valence-corrected chi connectivity index (χ2v) is 3.31. The van der Waals surface area contributed by atoms with E-state index in [4.69, 9.17) is 10.2 Å². The van der Waals surface area contributed by atoms with E-state index < -0.39 is 30.3 Å². The molecule has 0 radical (unpaired) electrons. The number of rotatable bonds is 6. The van der Waals surface area contributed by atoms with Crippen LogP contribution in [0.1, 0.15) is 26.7 Å². The van der Waals surface area contributed by atoms with Crippen molar-refractivity contribution in [2.75, 3.05) is 0 Å². The number of hydrogen-bond donors (Lipinski definition) is 3. The first-order valence-electron chi connectivity index (χ1n) is 4.63. The Morgan fingerprint density at radius 1 is 1.27 bits per heavy atom. The molecule has 6 nitrogen and oxygen atoms in total. The maximum Gasteiger partial charge on any atom is 0.326 e. The van der Waals surface area contributed by atoms with Gasteiger partial charge in [0.1, 0.15) is 6.04 Å². The fourth-order valence-electron chi connectivity index (χ4n) is 0.874. The van der Waals surface area contributed by atoms with Crippen LogP contribution in [0.25, 0.3) is 0 Å². The molecule has 0 aromatic rings. The van der Waals surface area contributed by atoms with Gasteiger partial charge in [0, 0.05) is 5.92 Å². The lowest BCUT2D eigenvalue weighted by Gasteiger charge is -2.15. The van der Waals surface area contributed by atoms with Crippen molar-refractivity contribution in [1.82, 2.24) is 5.32 Å². The van der Waals surface area contributed by atoms with Gasteiger partial charge in [-0.15, -0.1) is 0 Å². The van der Waals surface area contributed by atoms with Crippen molar-refractivity contribution in [3.8, 4) is 0 Å². The third kappa shape index (κ3) is 4.99. The van der Waals surface area contributed by atoms with Crippen LogP contribution < -0.4 is 5.32 Å². The molecule has 0 heterocycles. The zero-order chi connectivity index (χ0) is 12.0. The quantitative estimate of drug-likeness (QED) is 0.584. The van der Waals surface area contributed by atoms with Crippen LogP contribution in [0, 0.1) is 5.92 Å². The van der Waals surface area contributed by atoms with E-state index in [1.807, 2.05) is 0 Å². The maximum absolute atomic E-state index is 11.3. The summed E-state index contributed by atoms with van der Waals surface area (Å²) in [6.45, 7) is 3.44. The number of carbonyl (C=O) groups excluding carboxylic acids is 1. The van der Waals surface area contributed by atoms with Crippen molar-refractivity contribution in [2.24, 2.45) is 5.92 Å². The first-order valence-corrected chi connectivity index (χ1v) is 4.63. The van der Waals surface area contributed by atoms with Crippen molar-refractivity contribution in [1.29, 1.82) is 0 Å². The standard InChI is InChI=1S/C9H15NO5/c1-3-5(2)8(13)10-6(9(14)15)4-7(11)12/h5-6H,3-4H2,1-2H3,(H,10,13)(H,11,12)(H,14,15). The van der Waals surface area contributed by atoms with Gasteiger partial charge in [0.15, 0.2) is 0 Å². The summed E-state index contributed by atoms with van der Waals surface area (Å²) in [5.41, 5.74) is 0. The first-order chi connectivity index (χ1) is 6.88. The van der Waals surface area contributed by atoms with Gasteiger partial charge in [-0.05, 0) is 6.42 Å². The molecular weight excluding hydrogens is 202 g/mol. The zero-order valence-corrected chi connectivity index (χ0v) is 8.69. The Balaban J connectivity index is 4.35. The van der Waals surface area contributed by atoms with E-state index in [-0.39, 0.29) is 5.92 Å². The predicted octanol–water partition coefficient (Wildman–Crippen LogP) is 0.0766. The Kier molecular flexibility index (Phi) is 5.36. The number of amides is 1. The maximum atomic E-state index is 11.3. The Morgan fingerprint density at radius 2 is 1.80 bits per heavy atom. The van der Waals surface area contributed by atoms with Gasteiger partial charge in [-0.1, -0.05) is 13.8 Å². The van der Waals surface area contributed by atoms with Gasteiger partial charge in [0.05, 0.1) is 6.42 Å². The van der Waals surface area contributed by atoms with E-state index in [1.165, 1.54) is 0 Å². The molecule has 2 atom stereocenters. The predicted molar refractivity (Wildman–Crippen MR) is 51.3 cm³/mol. The summed E-state index contributed by atoms with van der Waals surface area (Å²) in [5.74, 6) is -3.35. The van der Waals surface area contributed by atoms with Crippen molar-refractivity contribution in [2.45, 2.75) is 32.7 Å². The van der Waals surface area contributed by atoms with Crippen molar-refractivity contribution < 1.29 is 24.6 Å². The van der Waals surface area contributed by atoms with Crippen LogP contribution in [0.4, 0.5) is 0 Å². The molecule has 6 heteroatoms. The number of carboxylic acids is 2. The molecule has 0 saturated heterocycles. The van der Waals surface area contributed by atoms with Gasteiger partial charge in [-0.3, -0.25) is 9.59 Å². The molecule has 3 N–H and O–H groups in total. The molecule has 15 heavy (non-hydrogen) atoms. The van der Waals surface area contributed by atoms with E-state index in [9.17, 15) is 14.4 Å². The molecule has 86 valence electrons. The minimum atomic E-state index is -1.36. The van der Waals surface area contributed by atoms with Gasteiger partial charge >= 0.3 is 11.9 Å². The molecular formula is C9H15NO5. The minimum absolute atomic E-state index is 0.319. The summed E-state index contributed by atoms with van der Waals surface area (Å²) >= 11 is 0. The SMILES string of the molecule is CCC(C)C(=O)NC(CC(=O)O)C(=O)O. The Morgan fingerprint density at radius 3 is 2.13 bits per heavy atom. The number of hydrogen-bond acceptors (Lipinski definition) is 3. The minimum Gasteiger partial charge on any atom is -0.481 e. The normalized spacial score (nSPS) is 14.0. The van der Waals surface area contributed by atoms with Gasteiger partial charge in [0.25, 0.3) is 0 Å². The van der Waals surface area contributed by atoms with E-state index in [1.54, 1.807) is 13.8 Å². The molecule has 0 fully saturated rings. The fourth-order valence-corrected chi connectivity index (χ4v) is 0.874. The van der Waals surface area contributed by atoms with E-state index in [0.717, 1.165) is 0 Å². The van der Waals surface area contributed by atoms with Crippen LogP contribution in [0.3, 0.4) is 0 Å². The molecule has 0 aliphatic heterocycles. The average molecular weight is 217 g/mol. The van der Waals surface area contributed by atoms with Crippen LogP contribution in [0.2, 0.25) is 0 Å². The third-order valence-corrected chi connectivity index (χ3v) is 2.05. The molecule has 0 saturated carbocycles. The summed E-state index contributed by atoms with van der Waals surface area (Å²) in [7, 11) is 0. The van der Waals surface area contributed by atoms with Crippen LogP contribution in [0.5, 0.6) is 0 Å². The van der Waals surface area contributed by atoms with Crippen LogP contribution in [0.15, 0.2) is 0 Å². The van der Waals surface area contributed by atoms with Crippen LogP contribution in [-0.2, 0) is 14.4 Å². The molecule has 0 bridgehead atoms. The molecule has 0 aliphatic rings. The zero-order valence-electron chi connectivity index (χ0n) is 8.69. The van der Waals surface area contributed by atoms with Crippen LogP contribution in [-0.4, -0.2) is 34.1 Å². The summed E-state index contributed by atoms with van der Waals surface area (Å²) in [4.78, 5) is 32.2. The molecule has 1 amide bonds. The fraction of sp³-hybridized carbons (Fsp3) is 0.667. The Labute approximate surface area is 87.3 Å². The topological polar surface area (TPSA) is 104 Å². The van der Waals surface area contributed by atoms with E-state index in [2.05, 4.69) is 5.32 Å². The van der Waals surface area contributed by atoms with Crippen LogP contribution >= 0.6 is 0 Å². The van der Waals surface area contributed by atoms with Gasteiger partial charge in [-0.25, -0.2) is 4.79 Å². The van der Waals surface area contributed by atoms with Crippen molar-refractivity contribution >= 4 is 17.8 Å². The Hall–Kier alpha value is -1.59. The molecule has 0 aromatic carbocycles. The first kappa shape index (κ1) is 13.4. The summed E-state index contributed by atoms with van der Waals surface area (Å²) in [6, 6.07) is -1.36. The molecule has 0 aliphatic carbocycles. The smallest absolute Gasteiger partial charge is 0.326 e. The van der Waals surface area contributed by atoms with E-state index in [0.29, 0.717) is 6.42 Å². The summed E-state index contributed by atoms with van der Waals surface area (Å²) in [5, 5.41) is 19.3. The van der Waals surface area contributed by atoms with Gasteiger partial charge in [0.2, 0.25) is 5.91 Å². The molecule has 0 rings (SSSR count). The average Bonchev–Trinajstić information content (AvgIpc) is 2.14. The highest BCUT2D eigenvalue weighted by Crippen LogP contribution is 2.02. The number of carboxylic acid groups (broad SMARTS) is 2. The molecule has 2 unspecified atom stereocenters. The number of nitrogens with one attached hydrogen (secondary N) is 1. The summed E-state index contributed by atoms with van der Waals surface area (Å²) in [6.07, 6.45) is -0.0389. The Bertz CT molecular complexity index is 263. The second-order valence-electron chi connectivity index (χ2n) is 3.31. The van der Waals surface area contributed by atoms with Gasteiger partial charge < -0.3 is 15.5 Å². The molecule has 0 aromatic heterocycles. The highest BCUT2D eigenvalue weighted by atomic mass is 16.4. The van der Waals surface area contributed by atoms with E-state index >= 15 is 0 Å². The lowest BCUT2D eigenvalue weighted by molar-refractivity contribution is -0.147.